The topological polar surface area (TPSA) is 74.6 Å². The molecule has 1 amide bonds. The zero-order valence-electron chi connectivity index (χ0n) is 24.9. The molecular weight excluding hydrogens is 546 g/mol. The molecule has 3 aliphatic rings. The molecule has 0 radical (unpaired) electrons. The lowest BCUT2D eigenvalue weighted by Gasteiger charge is -2.58. The smallest absolute Gasteiger partial charge is 0.410 e. The van der Waals surface area contributed by atoms with Gasteiger partial charge in [0.05, 0.1) is 16.9 Å². The molecule has 7 rings (SSSR count). The molecule has 1 aliphatic heterocycles. The molecule has 1 heterocycles. The summed E-state index contributed by atoms with van der Waals surface area (Å²) in [7, 11) is 0. The summed E-state index contributed by atoms with van der Waals surface area (Å²) in [6.45, 7) is 1.43. The minimum Gasteiger partial charge on any atom is -0.487 e. The standard InChI is InChI=1S/C38H37N3O3/c39-24-29-15-7-8-17-33(29)40-34-21-30-22-35-31-16-9-10-18-38(31,32(30)23-36(34)43-25-27-11-3-1-4-12-27)19-20-41(35)37(42)44-26-28-13-5-2-6-14-28/h1-8,11-15,17,21,23,31,35,40H,9-10,16,18-20,22,25-26H2/t31-,35+,38+/m1/s1. The quantitative estimate of drug-likeness (QED) is 0.237. The summed E-state index contributed by atoms with van der Waals surface area (Å²) < 4.78 is 12.4. The van der Waals surface area contributed by atoms with Crippen molar-refractivity contribution < 1.29 is 14.3 Å². The van der Waals surface area contributed by atoms with Crippen LogP contribution in [0.5, 0.6) is 5.75 Å². The number of likely N-dealkylation sites (tertiary alicyclic amines) is 1. The molecule has 0 unspecified atom stereocenters. The number of rotatable bonds is 7. The van der Waals surface area contributed by atoms with Gasteiger partial charge in [0.15, 0.2) is 0 Å². The van der Waals surface area contributed by atoms with Crippen molar-refractivity contribution in [2.24, 2.45) is 5.92 Å². The molecule has 2 bridgehead atoms. The van der Waals surface area contributed by atoms with Crippen LogP contribution in [0, 0.1) is 17.2 Å². The molecule has 1 saturated carbocycles. The molecule has 2 fully saturated rings. The van der Waals surface area contributed by atoms with Crippen LogP contribution >= 0.6 is 0 Å². The van der Waals surface area contributed by atoms with E-state index in [2.05, 4.69) is 35.7 Å². The Labute approximate surface area is 259 Å². The van der Waals surface area contributed by atoms with Gasteiger partial charge in [0.2, 0.25) is 0 Å². The van der Waals surface area contributed by atoms with E-state index in [0.29, 0.717) is 24.6 Å². The normalized spacial score (nSPS) is 21.8. The number of ether oxygens (including phenoxy) is 2. The third-order valence-corrected chi connectivity index (χ3v) is 9.93. The maximum atomic E-state index is 13.5. The van der Waals surface area contributed by atoms with Crippen molar-refractivity contribution in [3.8, 4) is 11.8 Å². The number of fused-ring (bicyclic) bond motifs is 1. The number of benzene rings is 4. The number of amides is 1. The second kappa shape index (κ2) is 12.1. The van der Waals surface area contributed by atoms with Gasteiger partial charge in [0.25, 0.3) is 0 Å². The molecule has 6 heteroatoms. The van der Waals surface area contributed by atoms with Gasteiger partial charge in [-0.3, -0.25) is 0 Å². The Morgan fingerprint density at radius 1 is 0.886 bits per heavy atom. The summed E-state index contributed by atoms with van der Waals surface area (Å²) in [5.74, 6) is 1.18. The average molecular weight is 584 g/mol. The number of carbonyl (C=O) groups excluding carboxylic acids is 1. The first-order chi connectivity index (χ1) is 21.6. The largest absolute Gasteiger partial charge is 0.487 e. The third-order valence-electron chi connectivity index (χ3n) is 9.93. The van der Waals surface area contributed by atoms with Gasteiger partial charge in [0, 0.05) is 18.0 Å². The van der Waals surface area contributed by atoms with Crippen LogP contribution in [0.4, 0.5) is 16.2 Å². The molecule has 1 saturated heterocycles. The van der Waals surface area contributed by atoms with Crippen LogP contribution in [-0.2, 0) is 29.8 Å². The monoisotopic (exact) mass is 583 g/mol. The lowest BCUT2D eigenvalue weighted by molar-refractivity contribution is -0.0137. The first-order valence-electron chi connectivity index (χ1n) is 15.7. The van der Waals surface area contributed by atoms with E-state index < -0.39 is 0 Å². The van der Waals surface area contributed by atoms with Crippen LogP contribution in [0.25, 0.3) is 0 Å². The molecule has 4 aromatic carbocycles. The van der Waals surface area contributed by atoms with Crippen LogP contribution in [0.1, 0.15) is 59.9 Å². The van der Waals surface area contributed by atoms with Gasteiger partial charge in [-0.1, -0.05) is 85.6 Å². The Morgan fingerprint density at radius 3 is 2.39 bits per heavy atom. The second-order valence-corrected chi connectivity index (χ2v) is 12.3. The van der Waals surface area contributed by atoms with Gasteiger partial charge in [-0.05, 0) is 78.1 Å². The van der Waals surface area contributed by atoms with E-state index in [9.17, 15) is 10.1 Å². The van der Waals surface area contributed by atoms with E-state index in [1.165, 1.54) is 24.0 Å². The van der Waals surface area contributed by atoms with Crippen molar-refractivity contribution in [1.29, 1.82) is 5.26 Å². The Hall–Kier alpha value is -4.76. The Morgan fingerprint density at radius 2 is 1.61 bits per heavy atom. The van der Waals surface area contributed by atoms with E-state index in [-0.39, 0.29) is 24.2 Å². The van der Waals surface area contributed by atoms with E-state index in [1.54, 1.807) is 0 Å². The lowest BCUT2D eigenvalue weighted by atomic mass is 9.52. The molecule has 2 aliphatic carbocycles. The number of nitrogens with zero attached hydrogens (tertiary/aromatic N) is 2. The zero-order valence-corrected chi connectivity index (χ0v) is 24.9. The van der Waals surface area contributed by atoms with Gasteiger partial charge in [0.1, 0.15) is 25.0 Å². The van der Waals surface area contributed by atoms with Crippen LogP contribution < -0.4 is 10.1 Å². The predicted molar refractivity (Wildman–Crippen MR) is 171 cm³/mol. The number of anilines is 2. The van der Waals surface area contributed by atoms with Crippen LogP contribution in [0.15, 0.2) is 97.1 Å². The summed E-state index contributed by atoms with van der Waals surface area (Å²) in [6.07, 6.45) is 6.09. The summed E-state index contributed by atoms with van der Waals surface area (Å²) in [5.41, 5.74) is 6.89. The number of para-hydroxylation sites is 1. The summed E-state index contributed by atoms with van der Waals surface area (Å²) in [4.78, 5) is 15.6. The molecule has 6 nitrogen and oxygen atoms in total. The highest BCUT2D eigenvalue weighted by atomic mass is 16.6. The fourth-order valence-corrected chi connectivity index (χ4v) is 7.86. The number of nitrogens with one attached hydrogen (secondary N) is 1. The Bertz CT molecular complexity index is 1680. The Kier molecular flexibility index (Phi) is 7.70. The van der Waals surface area contributed by atoms with Gasteiger partial charge in [-0.25, -0.2) is 4.79 Å². The van der Waals surface area contributed by atoms with Gasteiger partial charge >= 0.3 is 6.09 Å². The fraction of sp³-hybridized carbons (Fsp3) is 0.316. The number of carbonyl (C=O) groups is 1. The van der Waals surface area contributed by atoms with Crippen LogP contribution in [0.3, 0.4) is 0 Å². The number of piperidine rings is 1. The lowest BCUT2D eigenvalue weighted by Crippen LogP contribution is -2.62. The van der Waals surface area contributed by atoms with Crippen molar-refractivity contribution in [2.45, 2.75) is 63.2 Å². The van der Waals surface area contributed by atoms with Crippen molar-refractivity contribution in [1.82, 2.24) is 4.90 Å². The average Bonchev–Trinajstić information content (AvgIpc) is 3.07. The first-order valence-corrected chi connectivity index (χ1v) is 15.7. The summed E-state index contributed by atoms with van der Waals surface area (Å²) in [5, 5.41) is 13.3. The molecule has 222 valence electrons. The number of hydrogen-bond acceptors (Lipinski definition) is 5. The highest BCUT2D eigenvalue weighted by Crippen LogP contribution is 2.57. The van der Waals surface area contributed by atoms with Crippen LogP contribution in [0.2, 0.25) is 0 Å². The summed E-state index contributed by atoms with van der Waals surface area (Å²) >= 11 is 0. The van der Waals surface area contributed by atoms with Gasteiger partial charge in [-0.2, -0.15) is 5.26 Å². The molecular formula is C38H37N3O3. The fourth-order valence-electron chi connectivity index (χ4n) is 7.86. The van der Waals surface area contributed by atoms with E-state index in [0.717, 1.165) is 53.9 Å². The SMILES string of the molecule is N#Cc1ccccc1Nc1cc2c(cc1OCc1ccccc1)[C@]13CCCC[C@@H]1[C@H](C2)N(C(=O)OCc1ccccc1)CC3. The molecule has 0 spiro atoms. The first kappa shape index (κ1) is 28.0. The van der Waals surface area contributed by atoms with Gasteiger partial charge in [-0.15, -0.1) is 0 Å². The van der Waals surface area contributed by atoms with Crippen LogP contribution in [-0.4, -0.2) is 23.6 Å². The zero-order chi connectivity index (χ0) is 29.9. The number of nitriles is 1. The third kappa shape index (κ3) is 5.28. The highest BCUT2D eigenvalue weighted by molar-refractivity contribution is 5.73. The minimum absolute atomic E-state index is 0.0145. The number of hydrogen-bond donors (Lipinski definition) is 1. The molecule has 0 aromatic heterocycles. The molecule has 1 N–H and O–H groups in total. The maximum Gasteiger partial charge on any atom is 0.410 e. The van der Waals surface area contributed by atoms with Crippen molar-refractivity contribution in [3.05, 3.63) is 125 Å². The second-order valence-electron chi connectivity index (χ2n) is 12.3. The minimum atomic E-state index is -0.217. The van der Waals surface area contributed by atoms with E-state index >= 15 is 0 Å². The van der Waals surface area contributed by atoms with Crippen molar-refractivity contribution in [2.75, 3.05) is 11.9 Å². The summed E-state index contributed by atoms with van der Waals surface area (Å²) in [6, 6.07) is 34.5. The van der Waals surface area contributed by atoms with Crippen molar-refractivity contribution in [3.63, 3.8) is 0 Å². The van der Waals surface area contributed by atoms with Gasteiger partial charge < -0.3 is 19.7 Å². The van der Waals surface area contributed by atoms with E-state index in [1.807, 2.05) is 77.7 Å². The molecule has 3 atom stereocenters. The molecule has 4 aromatic rings. The van der Waals surface area contributed by atoms with E-state index in [4.69, 9.17) is 9.47 Å². The highest BCUT2D eigenvalue weighted by Gasteiger charge is 2.55. The molecule has 44 heavy (non-hydrogen) atoms. The van der Waals surface area contributed by atoms with Crippen molar-refractivity contribution >= 4 is 17.5 Å². The predicted octanol–water partition coefficient (Wildman–Crippen LogP) is 8.28. The maximum absolute atomic E-state index is 13.5. The Balaban J connectivity index is 1.24.